The Hall–Kier alpha value is -0.720. The Morgan fingerprint density at radius 1 is 0.950 bits per heavy atom. The topological polar surface area (TPSA) is 26.0 Å². The Labute approximate surface area is 127 Å². The fraction of sp³-hybridized carbons (Fsp3) is 0.789. The SMILES string of the molecule is CCC(C)CC/C=C(/C)C(C)CCC(C)CC/C=C\N. The van der Waals surface area contributed by atoms with Crippen molar-refractivity contribution < 1.29 is 0 Å². The van der Waals surface area contributed by atoms with Gasteiger partial charge in [0.25, 0.3) is 0 Å². The molecule has 0 heterocycles. The summed E-state index contributed by atoms with van der Waals surface area (Å²) in [6.45, 7) is 11.7. The zero-order valence-corrected chi connectivity index (χ0v) is 14.5. The van der Waals surface area contributed by atoms with Crippen LogP contribution in [0.25, 0.3) is 0 Å². The maximum Gasteiger partial charge on any atom is -0.0103 e. The third kappa shape index (κ3) is 10.1. The van der Waals surface area contributed by atoms with Crippen molar-refractivity contribution in [2.24, 2.45) is 23.5 Å². The van der Waals surface area contributed by atoms with Gasteiger partial charge in [-0.25, -0.2) is 0 Å². The zero-order valence-electron chi connectivity index (χ0n) is 14.5. The summed E-state index contributed by atoms with van der Waals surface area (Å²) in [6, 6.07) is 0. The van der Waals surface area contributed by atoms with Gasteiger partial charge in [-0.1, -0.05) is 58.3 Å². The minimum Gasteiger partial charge on any atom is -0.405 e. The molecule has 0 saturated heterocycles. The first kappa shape index (κ1) is 19.3. The van der Waals surface area contributed by atoms with Crippen LogP contribution in [0.3, 0.4) is 0 Å². The van der Waals surface area contributed by atoms with Gasteiger partial charge in [0, 0.05) is 0 Å². The molecule has 0 radical (unpaired) electrons. The molecule has 0 aromatic heterocycles. The number of rotatable bonds is 11. The van der Waals surface area contributed by atoms with E-state index in [1.165, 1.54) is 38.5 Å². The van der Waals surface area contributed by atoms with E-state index in [9.17, 15) is 0 Å². The fourth-order valence-electron chi connectivity index (χ4n) is 2.38. The van der Waals surface area contributed by atoms with E-state index in [1.807, 2.05) is 0 Å². The molecule has 2 N–H and O–H groups in total. The zero-order chi connectivity index (χ0) is 15.4. The van der Waals surface area contributed by atoms with Crippen LogP contribution in [0, 0.1) is 17.8 Å². The average Bonchev–Trinajstić information content (AvgIpc) is 2.44. The fourth-order valence-corrected chi connectivity index (χ4v) is 2.38. The van der Waals surface area contributed by atoms with Crippen molar-refractivity contribution in [1.29, 1.82) is 0 Å². The molecule has 0 amide bonds. The van der Waals surface area contributed by atoms with Crippen LogP contribution in [0.4, 0.5) is 0 Å². The highest BCUT2D eigenvalue weighted by atomic mass is 14.5. The molecule has 20 heavy (non-hydrogen) atoms. The molecular weight excluding hydrogens is 242 g/mol. The van der Waals surface area contributed by atoms with E-state index < -0.39 is 0 Å². The van der Waals surface area contributed by atoms with Crippen molar-refractivity contribution in [2.45, 2.75) is 79.6 Å². The highest BCUT2D eigenvalue weighted by molar-refractivity contribution is 5.02. The highest BCUT2D eigenvalue weighted by Crippen LogP contribution is 2.22. The molecule has 3 atom stereocenters. The van der Waals surface area contributed by atoms with Crippen molar-refractivity contribution >= 4 is 0 Å². The summed E-state index contributed by atoms with van der Waals surface area (Å²) < 4.78 is 0. The third-order valence-electron chi connectivity index (χ3n) is 4.65. The van der Waals surface area contributed by atoms with Crippen LogP contribution >= 0.6 is 0 Å². The first-order valence-electron chi connectivity index (χ1n) is 8.54. The predicted octanol–water partition coefficient (Wildman–Crippen LogP) is 6.06. The van der Waals surface area contributed by atoms with E-state index in [0.717, 1.165) is 24.2 Å². The van der Waals surface area contributed by atoms with E-state index in [-0.39, 0.29) is 0 Å². The number of nitrogens with two attached hydrogens (primary N) is 1. The quantitative estimate of drug-likeness (QED) is 0.457. The van der Waals surface area contributed by atoms with Gasteiger partial charge in [0.05, 0.1) is 0 Å². The van der Waals surface area contributed by atoms with Crippen LogP contribution in [-0.2, 0) is 0 Å². The van der Waals surface area contributed by atoms with Crippen LogP contribution in [0.15, 0.2) is 23.9 Å². The van der Waals surface area contributed by atoms with E-state index in [0.29, 0.717) is 0 Å². The third-order valence-corrected chi connectivity index (χ3v) is 4.65. The highest BCUT2D eigenvalue weighted by Gasteiger charge is 2.08. The normalized spacial score (nSPS) is 17.4. The van der Waals surface area contributed by atoms with Crippen LogP contribution in [0.2, 0.25) is 0 Å². The Kier molecular flexibility index (Phi) is 11.6. The van der Waals surface area contributed by atoms with Gasteiger partial charge in [-0.15, -0.1) is 0 Å². The van der Waals surface area contributed by atoms with Gasteiger partial charge < -0.3 is 5.73 Å². The van der Waals surface area contributed by atoms with Gasteiger partial charge in [-0.05, 0) is 63.0 Å². The van der Waals surface area contributed by atoms with Gasteiger partial charge in [-0.3, -0.25) is 0 Å². The molecule has 0 aromatic rings. The maximum atomic E-state index is 5.37. The monoisotopic (exact) mass is 279 g/mol. The minimum atomic E-state index is 0.736. The van der Waals surface area contributed by atoms with E-state index in [4.69, 9.17) is 5.73 Å². The minimum absolute atomic E-state index is 0.736. The van der Waals surface area contributed by atoms with E-state index in [2.05, 4.69) is 46.8 Å². The van der Waals surface area contributed by atoms with Crippen molar-refractivity contribution in [2.75, 3.05) is 0 Å². The lowest BCUT2D eigenvalue weighted by molar-refractivity contribution is 0.438. The van der Waals surface area contributed by atoms with E-state index in [1.54, 1.807) is 11.8 Å². The van der Waals surface area contributed by atoms with Gasteiger partial charge in [-0.2, -0.15) is 0 Å². The Morgan fingerprint density at radius 2 is 1.60 bits per heavy atom. The summed E-state index contributed by atoms with van der Waals surface area (Å²) in [5.74, 6) is 2.41. The van der Waals surface area contributed by atoms with Gasteiger partial charge in [0.15, 0.2) is 0 Å². The van der Waals surface area contributed by atoms with E-state index >= 15 is 0 Å². The molecule has 0 aliphatic rings. The lowest BCUT2D eigenvalue weighted by Gasteiger charge is -2.16. The maximum absolute atomic E-state index is 5.37. The first-order chi connectivity index (χ1) is 9.51. The molecule has 0 bridgehead atoms. The second-order valence-electron chi connectivity index (χ2n) is 6.63. The number of hydrogen-bond donors (Lipinski definition) is 1. The number of allylic oxidation sites excluding steroid dienone is 3. The molecule has 0 rings (SSSR count). The van der Waals surface area contributed by atoms with Gasteiger partial charge >= 0.3 is 0 Å². The molecule has 0 aliphatic carbocycles. The second kappa shape index (κ2) is 12.1. The lowest BCUT2D eigenvalue weighted by atomic mass is 9.90. The molecule has 1 nitrogen and oxygen atoms in total. The molecule has 0 spiro atoms. The molecular formula is C19H37N. The lowest BCUT2D eigenvalue weighted by Crippen LogP contribution is -2.02. The molecule has 0 aliphatic heterocycles. The van der Waals surface area contributed by atoms with Crippen LogP contribution in [0.5, 0.6) is 0 Å². The molecule has 3 unspecified atom stereocenters. The van der Waals surface area contributed by atoms with Crippen LogP contribution in [0.1, 0.15) is 79.6 Å². The molecule has 0 saturated carbocycles. The standard InChI is InChI=1S/C19H37N/c1-6-16(2)11-9-12-18(4)19(5)14-13-17(3)10-7-8-15-20/h8,12,15-17,19H,6-7,9-11,13-14,20H2,1-5H3/b15-8-,18-12-. The van der Waals surface area contributed by atoms with Crippen LogP contribution in [-0.4, -0.2) is 0 Å². The van der Waals surface area contributed by atoms with Gasteiger partial charge in [0.1, 0.15) is 0 Å². The summed E-state index contributed by atoms with van der Waals surface area (Å²) in [4.78, 5) is 0. The predicted molar refractivity (Wildman–Crippen MR) is 92.6 cm³/mol. The van der Waals surface area contributed by atoms with Crippen molar-refractivity contribution in [3.8, 4) is 0 Å². The second-order valence-corrected chi connectivity index (χ2v) is 6.63. The summed E-state index contributed by atoms with van der Waals surface area (Å²) in [5.41, 5.74) is 6.95. The largest absolute Gasteiger partial charge is 0.405 e. The Morgan fingerprint density at radius 3 is 2.20 bits per heavy atom. The van der Waals surface area contributed by atoms with Gasteiger partial charge in [0.2, 0.25) is 0 Å². The van der Waals surface area contributed by atoms with Crippen molar-refractivity contribution in [3.05, 3.63) is 23.9 Å². The van der Waals surface area contributed by atoms with Crippen molar-refractivity contribution in [1.82, 2.24) is 0 Å². The molecule has 118 valence electrons. The summed E-state index contributed by atoms with van der Waals surface area (Å²) >= 11 is 0. The first-order valence-corrected chi connectivity index (χ1v) is 8.54. The summed E-state index contributed by atoms with van der Waals surface area (Å²) in [5, 5.41) is 0. The molecule has 0 fully saturated rings. The summed E-state index contributed by atoms with van der Waals surface area (Å²) in [7, 11) is 0. The molecule has 0 aromatic carbocycles. The van der Waals surface area contributed by atoms with Crippen LogP contribution < -0.4 is 5.73 Å². The Balaban J connectivity index is 3.88. The molecule has 1 heteroatoms. The summed E-state index contributed by atoms with van der Waals surface area (Å²) in [6.07, 6.45) is 15.1. The average molecular weight is 280 g/mol. The van der Waals surface area contributed by atoms with Crippen molar-refractivity contribution in [3.63, 3.8) is 0 Å². The Bertz CT molecular complexity index is 277. The number of hydrogen-bond acceptors (Lipinski definition) is 1. The smallest absolute Gasteiger partial charge is 0.0103 e.